The van der Waals surface area contributed by atoms with Gasteiger partial charge in [-0.15, -0.1) is 0 Å². The summed E-state index contributed by atoms with van der Waals surface area (Å²) in [7, 11) is 2.97. The van der Waals surface area contributed by atoms with Gasteiger partial charge in [0.15, 0.2) is 11.2 Å². The Morgan fingerprint density at radius 1 is 1.22 bits per heavy atom. The first-order chi connectivity index (χ1) is 13.0. The second kappa shape index (κ2) is 6.53. The van der Waals surface area contributed by atoms with Gasteiger partial charge in [0.1, 0.15) is 6.54 Å². The van der Waals surface area contributed by atoms with Crippen molar-refractivity contribution in [2.75, 3.05) is 0 Å². The minimum Gasteiger partial charge on any atom is -0.348 e. The zero-order valence-electron chi connectivity index (χ0n) is 15.3. The number of imidazole rings is 1. The molecule has 140 valence electrons. The Morgan fingerprint density at radius 2 is 2.00 bits per heavy atom. The number of carbonyl (C=O) groups is 1. The molecule has 3 aromatic rings. The number of benzene rings is 1. The van der Waals surface area contributed by atoms with Gasteiger partial charge in [0, 0.05) is 14.1 Å². The van der Waals surface area contributed by atoms with Crippen molar-refractivity contribution < 1.29 is 4.79 Å². The number of fused-ring (bicyclic) bond motifs is 2. The predicted octanol–water partition coefficient (Wildman–Crippen LogP) is 0.627. The largest absolute Gasteiger partial charge is 0.348 e. The summed E-state index contributed by atoms with van der Waals surface area (Å²) in [6, 6.07) is 8.13. The van der Waals surface area contributed by atoms with Crippen LogP contribution in [0.2, 0.25) is 0 Å². The van der Waals surface area contributed by atoms with Crippen LogP contribution in [-0.4, -0.2) is 24.6 Å². The first-order valence-corrected chi connectivity index (χ1v) is 8.95. The fourth-order valence-electron chi connectivity index (χ4n) is 3.82. The van der Waals surface area contributed by atoms with E-state index >= 15 is 0 Å². The molecule has 8 nitrogen and oxygen atoms in total. The lowest BCUT2D eigenvalue weighted by Crippen LogP contribution is -2.38. The van der Waals surface area contributed by atoms with Gasteiger partial charge in [-0.05, 0) is 30.4 Å². The first kappa shape index (κ1) is 17.3. The van der Waals surface area contributed by atoms with Crippen molar-refractivity contribution in [2.24, 2.45) is 14.1 Å². The van der Waals surface area contributed by atoms with E-state index in [1.165, 1.54) is 28.1 Å². The van der Waals surface area contributed by atoms with Crippen LogP contribution >= 0.6 is 0 Å². The molecule has 4 rings (SSSR count). The minimum atomic E-state index is -0.457. The van der Waals surface area contributed by atoms with Gasteiger partial charge < -0.3 is 9.88 Å². The molecule has 2 aromatic heterocycles. The molecular weight excluding hydrogens is 346 g/mol. The van der Waals surface area contributed by atoms with Gasteiger partial charge in [-0.1, -0.05) is 24.3 Å². The van der Waals surface area contributed by atoms with Crippen LogP contribution in [0.3, 0.4) is 0 Å². The van der Waals surface area contributed by atoms with Crippen molar-refractivity contribution in [3.05, 3.63) is 62.6 Å². The molecule has 1 aromatic carbocycles. The Labute approximate surface area is 155 Å². The van der Waals surface area contributed by atoms with Crippen molar-refractivity contribution in [1.29, 1.82) is 0 Å². The number of aromatic nitrogens is 4. The van der Waals surface area contributed by atoms with Crippen LogP contribution in [-0.2, 0) is 31.9 Å². The highest BCUT2D eigenvalue weighted by Crippen LogP contribution is 2.29. The molecule has 8 heteroatoms. The third kappa shape index (κ3) is 2.87. The molecular formula is C19H21N5O3. The summed E-state index contributed by atoms with van der Waals surface area (Å²) in [5, 5.41) is 3.07. The van der Waals surface area contributed by atoms with E-state index in [9.17, 15) is 14.4 Å². The second-order valence-electron chi connectivity index (χ2n) is 6.96. The van der Waals surface area contributed by atoms with Crippen LogP contribution in [0.1, 0.15) is 30.0 Å². The van der Waals surface area contributed by atoms with Gasteiger partial charge in [-0.2, -0.15) is 0 Å². The van der Waals surface area contributed by atoms with E-state index in [1.54, 1.807) is 7.05 Å². The topological polar surface area (TPSA) is 90.9 Å². The van der Waals surface area contributed by atoms with Gasteiger partial charge in [0.05, 0.1) is 12.4 Å². The maximum atomic E-state index is 12.6. The maximum Gasteiger partial charge on any atom is 0.332 e. The summed E-state index contributed by atoms with van der Waals surface area (Å²) in [6.07, 6.45) is 4.38. The third-order valence-corrected chi connectivity index (χ3v) is 5.24. The first-order valence-electron chi connectivity index (χ1n) is 8.95. The molecule has 0 saturated heterocycles. The number of hydrogen-bond donors (Lipinski definition) is 1. The minimum absolute atomic E-state index is 0.0237. The maximum absolute atomic E-state index is 12.6. The van der Waals surface area contributed by atoms with Crippen LogP contribution < -0.4 is 16.6 Å². The highest BCUT2D eigenvalue weighted by Gasteiger charge is 2.22. The fraction of sp³-hybridized carbons (Fsp3) is 0.368. The van der Waals surface area contributed by atoms with E-state index in [2.05, 4.69) is 22.4 Å². The summed E-state index contributed by atoms with van der Waals surface area (Å²) < 4.78 is 3.83. The smallest absolute Gasteiger partial charge is 0.332 e. The number of rotatable bonds is 3. The SMILES string of the molecule is Cn1c(=O)c2c(ncn2CC(=O)NC2CCCc3ccccc32)n(C)c1=O. The van der Waals surface area contributed by atoms with Gasteiger partial charge in [-0.25, -0.2) is 9.78 Å². The molecule has 0 saturated carbocycles. The zero-order valence-corrected chi connectivity index (χ0v) is 15.3. The molecule has 1 amide bonds. The molecule has 0 bridgehead atoms. The molecule has 1 atom stereocenters. The normalized spacial score (nSPS) is 16.3. The summed E-state index contributed by atoms with van der Waals surface area (Å²) in [6.45, 7) is -0.0252. The van der Waals surface area contributed by atoms with Crippen LogP contribution in [0.25, 0.3) is 11.2 Å². The second-order valence-corrected chi connectivity index (χ2v) is 6.96. The molecule has 1 aliphatic rings. The summed E-state index contributed by atoms with van der Waals surface area (Å²) in [5.74, 6) is -0.188. The molecule has 1 unspecified atom stereocenters. The van der Waals surface area contributed by atoms with E-state index in [1.807, 2.05) is 12.1 Å². The molecule has 2 heterocycles. The van der Waals surface area contributed by atoms with Gasteiger partial charge in [-0.3, -0.25) is 18.7 Å². The van der Waals surface area contributed by atoms with Gasteiger partial charge in [0.25, 0.3) is 5.56 Å². The van der Waals surface area contributed by atoms with Crippen molar-refractivity contribution in [1.82, 2.24) is 24.0 Å². The van der Waals surface area contributed by atoms with E-state index in [4.69, 9.17) is 0 Å². The average molecular weight is 367 g/mol. The zero-order chi connectivity index (χ0) is 19.1. The van der Waals surface area contributed by atoms with E-state index in [0.717, 1.165) is 29.4 Å². The molecule has 0 aliphatic heterocycles. The quantitative estimate of drug-likeness (QED) is 0.735. The number of aryl methyl sites for hydroxylation is 2. The highest BCUT2D eigenvalue weighted by molar-refractivity contribution is 5.79. The standard InChI is InChI=1S/C19H21N5O3/c1-22-17-16(18(26)23(2)19(22)27)24(11-20-17)10-15(25)21-14-9-5-7-12-6-3-4-8-13(12)14/h3-4,6,8,11,14H,5,7,9-10H2,1-2H3,(H,21,25). The lowest BCUT2D eigenvalue weighted by atomic mass is 9.88. The summed E-state index contributed by atoms with van der Waals surface area (Å²) in [4.78, 5) is 41.3. The van der Waals surface area contributed by atoms with Crippen molar-refractivity contribution in [2.45, 2.75) is 31.8 Å². The van der Waals surface area contributed by atoms with Crippen LogP contribution in [0.4, 0.5) is 0 Å². The highest BCUT2D eigenvalue weighted by atomic mass is 16.2. The van der Waals surface area contributed by atoms with Crippen molar-refractivity contribution >= 4 is 17.1 Å². The molecule has 27 heavy (non-hydrogen) atoms. The van der Waals surface area contributed by atoms with Crippen molar-refractivity contribution in [3.63, 3.8) is 0 Å². The van der Waals surface area contributed by atoms with E-state index < -0.39 is 11.2 Å². The van der Waals surface area contributed by atoms with Gasteiger partial charge >= 0.3 is 5.69 Å². The molecule has 0 spiro atoms. The molecule has 0 radical (unpaired) electrons. The van der Waals surface area contributed by atoms with Crippen molar-refractivity contribution in [3.8, 4) is 0 Å². The molecule has 0 fully saturated rings. The van der Waals surface area contributed by atoms with E-state index in [0.29, 0.717) is 0 Å². The predicted molar refractivity (Wildman–Crippen MR) is 100 cm³/mol. The monoisotopic (exact) mass is 367 g/mol. The average Bonchev–Trinajstić information content (AvgIpc) is 3.08. The van der Waals surface area contributed by atoms with Crippen LogP contribution in [0.15, 0.2) is 40.2 Å². The van der Waals surface area contributed by atoms with Crippen LogP contribution in [0.5, 0.6) is 0 Å². The van der Waals surface area contributed by atoms with E-state index in [-0.39, 0.29) is 29.7 Å². The van der Waals surface area contributed by atoms with Gasteiger partial charge in [0.2, 0.25) is 5.91 Å². The fourth-order valence-corrected chi connectivity index (χ4v) is 3.82. The number of hydrogen-bond acceptors (Lipinski definition) is 4. The number of nitrogens with zero attached hydrogens (tertiary/aromatic N) is 4. The lowest BCUT2D eigenvalue weighted by molar-refractivity contribution is -0.122. The Hall–Kier alpha value is -3.16. The van der Waals surface area contributed by atoms with Crippen LogP contribution in [0, 0.1) is 0 Å². The summed E-state index contributed by atoms with van der Waals surface area (Å²) >= 11 is 0. The number of amides is 1. The Morgan fingerprint density at radius 3 is 2.81 bits per heavy atom. The number of carbonyl (C=O) groups excluding carboxylic acids is 1. The summed E-state index contributed by atoms with van der Waals surface area (Å²) in [5.41, 5.74) is 2.05. The Balaban J connectivity index is 1.62. The third-order valence-electron chi connectivity index (χ3n) is 5.24. The Bertz CT molecular complexity index is 1150. The molecule has 1 aliphatic carbocycles. The lowest BCUT2D eigenvalue weighted by Gasteiger charge is -2.26. The number of nitrogens with one attached hydrogen (secondary N) is 1. The Kier molecular flexibility index (Phi) is 4.18. The molecule has 1 N–H and O–H groups in total.